The fourth-order valence-corrected chi connectivity index (χ4v) is 2.29. The molecule has 0 aromatic heterocycles. The standard InChI is InChI=1S/C18H21FN2O.ClH/c19-17-10-5-4-9-16(17)13-18(22)21(12-6-11-20)14-15-7-2-1-3-8-15;/h1-5,7-10H,6,11-14,20H2;1H. The summed E-state index contributed by atoms with van der Waals surface area (Å²) in [5.74, 6) is -0.420. The number of nitrogens with zero attached hydrogens (tertiary/aromatic N) is 1. The van der Waals surface area contributed by atoms with Crippen LogP contribution in [0.5, 0.6) is 0 Å². The van der Waals surface area contributed by atoms with E-state index in [1.54, 1.807) is 23.1 Å². The first-order valence-electron chi connectivity index (χ1n) is 7.46. The smallest absolute Gasteiger partial charge is 0.227 e. The first-order valence-corrected chi connectivity index (χ1v) is 7.46. The average molecular weight is 337 g/mol. The lowest BCUT2D eigenvalue weighted by atomic mass is 10.1. The van der Waals surface area contributed by atoms with Gasteiger partial charge in [0.15, 0.2) is 0 Å². The zero-order chi connectivity index (χ0) is 15.8. The maximum Gasteiger partial charge on any atom is 0.227 e. The molecule has 124 valence electrons. The number of nitrogens with two attached hydrogens (primary N) is 1. The van der Waals surface area contributed by atoms with Gasteiger partial charge in [0.25, 0.3) is 0 Å². The molecule has 2 rings (SSSR count). The van der Waals surface area contributed by atoms with E-state index >= 15 is 0 Å². The molecule has 0 bridgehead atoms. The van der Waals surface area contributed by atoms with Crippen molar-refractivity contribution in [3.05, 3.63) is 71.5 Å². The van der Waals surface area contributed by atoms with Crippen LogP contribution in [0.3, 0.4) is 0 Å². The van der Waals surface area contributed by atoms with Gasteiger partial charge in [0.05, 0.1) is 6.42 Å². The van der Waals surface area contributed by atoms with Gasteiger partial charge in [0, 0.05) is 13.1 Å². The molecule has 0 radical (unpaired) electrons. The van der Waals surface area contributed by atoms with Crippen LogP contribution in [0, 0.1) is 5.82 Å². The summed E-state index contributed by atoms with van der Waals surface area (Å²) in [6.07, 6.45) is 0.805. The summed E-state index contributed by atoms with van der Waals surface area (Å²) in [7, 11) is 0. The molecule has 0 aliphatic carbocycles. The van der Waals surface area contributed by atoms with Crippen molar-refractivity contribution in [3.8, 4) is 0 Å². The molecule has 0 atom stereocenters. The van der Waals surface area contributed by atoms with Crippen LogP contribution in [0.4, 0.5) is 4.39 Å². The fourth-order valence-electron chi connectivity index (χ4n) is 2.29. The Morgan fingerprint density at radius 2 is 1.70 bits per heavy atom. The van der Waals surface area contributed by atoms with E-state index in [4.69, 9.17) is 5.73 Å². The molecule has 2 N–H and O–H groups in total. The van der Waals surface area contributed by atoms with Crippen molar-refractivity contribution >= 4 is 18.3 Å². The summed E-state index contributed by atoms with van der Waals surface area (Å²) in [5, 5.41) is 0. The summed E-state index contributed by atoms with van der Waals surface area (Å²) in [6.45, 7) is 1.63. The number of benzene rings is 2. The van der Waals surface area contributed by atoms with Gasteiger partial charge >= 0.3 is 0 Å². The molecule has 0 aliphatic rings. The van der Waals surface area contributed by atoms with E-state index < -0.39 is 0 Å². The highest BCUT2D eigenvalue weighted by molar-refractivity contribution is 5.85. The van der Waals surface area contributed by atoms with Crippen LogP contribution >= 0.6 is 12.4 Å². The number of rotatable bonds is 7. The number of hydrogen-bond donors (Lipinski definition) is 1. The molecular weight excluding hydrogens is 315 g/mol. The van der Waals surface area contributed by atoms with E-state index in [0.29, 0.717) is 25.2 Å². The first-order chi connectivity index (χ1) is 10.7. The zero-order valence-electron chi connectivity index (χ0n) is 13.0. The molecule has 3 nitrogen and oxygen atoms in total. The second kappa shape index (κ2) is 9.98. The largest absolute Gasteiger partial charge is 0.338 e. The van der Waals surface area contributed by atoms with Crippen LogP contribution < -0.4 is 5.73 Å². The van der Waals surface area contributed by atoms with Crippen molar-refractivity contribution in [1.82, 2.24) is 4.90 Å². The molecule has 0 saturated carbocycles. The topological polar surface area (TPSA) is 46.3 Å². The van der Waals surface area contributed by atoms with Gasteiger partial charge in [-0.25, -0.2) is 4.39 Å². The number of amides is 1. The summed E-state index contributed by atoms with van der Waals surface area (Å²) >= 11 is 0. The van der Waals surface area contributed by atoms with E-state index in [9.17, 15) is 9.18 Å². The zero-order valence-corrected chi connectivity index (χ0v) is 13.8. The van der Waals surface area contributed by atoms with E-state index in [1.165, 1.54) is 6.07 Å². The molecule has 0 spiro atoms. The van der Waals surface area contributed by atoms with E-state index in [-0.39, 0.29) is 30.6 Å². The maximum atomic E-state index is 13.7. The second-order valence-electron chi connectivity index (χ2n) is 5.21. The second-order valence-corrected chi connectivity index (χ2v) is 5.21. The molecule has 0 saturated heterocycles. The normalized spacial score (nSPS) is 10.0. The quantitative estimate of drug-likeness (QED) is 0.844. The Kier molecular flexibility index (Phi) is 8.30. The molecule has 5 heteroatoms. The third-order valence-corrected chi connectivity index (χ3v) is 3.50. The summed E-state index contributed by atoms with van der Waals surface area (Å²) in [5.41, 5.74) is 7.03. The SMILES string of the molecule is Cl.NCCCN(Cc1ccccc1)C(=O)Cc1ccccc1F. The van der Waals surface area contributed by atoms with E-state index in [1.807, 2.05) is 30.3 Å². The average Bonchev–Trinajstić information content (AvgIpc) is 2.54. The highest BCUT2D eigenvalue weighted by Crippen LogP contribution is 2.11. The van der Waals surface area contributed by atoms with Gasteiger partial charge in [0.1, 0.15) is 5.82 Å². The van der Waals surface area contributed by atoms with Crippen LogP contribution in [0.2, 0.25) is 0 Å². The lowest BCUT2D eigenvalue weighted by Crippen LogP contribution is -2.33. The van der Waals surface area contributed by atoms with Crippen molar-refractivity contribution in [1.29, 1.82) is 0 Å². The maximum absolute atomic E-state index is 13.7. The van der Waals surface area contributed by atoms with Crippen LogP contribution in [0.1, 0.15) is 17.5 Å². The predicted molar refractivity (Wildman–Crippen MR) is 92.9 cm³/mol. The number of halogens is 2. The third kappa shape index (κ3) is 6.00. The molecule has 0 aliphatic heterocycles. The third-order valence-electron chi connectivity index (χ3n) is 3.50. The van der Waals surface area contributed by atoms with Gasteiger partial charge in [-0.2, -0.15) is 0 Å². The Labute approximate surface area is 142 Å². The minimum absolute atomic E-state index is 0. The molecular formula is C18H22ClFN2O. The Morgan fingerprint density at radius 1 is 1.04 bits per heavy atom. The van der Waals surface area contributed by atoms with Crippen molar-refractivity contribution in [2.24, 2.45) is 5.73 Å². The molecule has 0 fully saturated rings. The number of hydrogen-bond acceptors (Lipinski definition) is 2. The van der Waals surface area contributed by atoms with Gasteiger partial charge in [-0.05, 0) is 30.2 Å². The highest BCUT2D eigenvalue weighted by atomic mass is 35.5. The number of carbonyl (C=O) groups excluding carboxylic acids is 1. The van der Waals surface area contributed by atoms with Gasteiger partial charge in [0.2, 0.25) is 5.91 Å². The van der Waals surface area contributed by atoms with Crippen molar-refractivity contribution < 1.29 is 9.18 Å². The molecule has 0 heterocycles. The molecule has 1 amide bonds. The summed E-state index contributed by atoms with van der Waals surface area (Å²) in [4.78, 5) is 14.2. The molecule has 0 unspecified atom stereocenters. The van der Waals surface area contributed by atoms with Crippen molar-refractivity contribution in [3.63, 3.8) is 0 Å². The Balaban J connectivity index is 0.00000264. The molecule has 2 aromatic carbocycles. The summed E-state index contributed by atoms with van der Waals surface area (Å²) < 4.78 is 13.7. The highest BCUT2D eigenvalue weighted by Gasteiger charge is 2.15. The Hall–Kier alpha value is -1.91. The minimum Gasteiger partial charge on any atom is -0.338 e. The van der Waals surface area contributed by atoms with Crippen molar-refractivity contribution in [2.45, 2.75) is 19.4 Å². The van der Waals surface area contributed by atoms with Gasteiger partial charge < -0.3 is 10.6 Å². The first kappa shape index (κ1) is 19.1. The van der Waals surface area contributed by atoms with Crippen LogP contribution in [0.15, 0.2) is 54.6 Å². The number of carbonyl (C=O) groups is 1. The van der Waals surface area contributed by atoms with Gasteiger partial charge in [-0.1, -0.05) is 48.5 Å². The van der Waals surface area contributed by atoms with Crippen molar-refractivity contribution in [2.75, 3.05) is 13.1 Å². The van der Waals surface area contributed by atoms with E-state index in [0.717, 1.165) is 12.0 Å². The minimum atomic E-state index is -0.339. The van der Waals surface area contributed by atoms with Gasteiger partial charge in [-0.3, -0.25) is 4.79 Å². The van der Waals surface area contributed by atoms with E-state index in [2.05, 4.69) is 0 Å². The lowest BCUT2D eigenvalue weighted by molar-refractivity contribution is -0.131. The van der Waals surface area contributed by atoms with Gasteiger partial charge in [-0.15, -0.1) is 12.4 Å². The Morgan fingerprint density at radius 3 is 2.35 bits per heavy atom. The van der Waals surface area contributed by atoms with Crippen LogP contribution in [-0.4, -0.2) is 23.9 Å². The van der Waals surface area contributed by atoms with Crippen LogP contribution in [-0.2, 0) is 17.8 Å². The predicted octanol–water partition coefficient (Wildman–Crippen LogP) is 3.17. The molecule has 2 aromatic rings. The fraction of sp³-hybridized carbons (Fsp3) is 0.278. The monoisotopic (exact) mass is 336 g/mol. The lowest BCUT2D eigenvalue weighted by Gasteiger charge is -2.23. The molecule has 23 heavy (non-hydrogen) atoms. The Bertz CT molecular complexity index is 607. The van der Waals surface area contributed by atoms with Crippen LogP contribution in [0.25, 0.3) is 0 Å². The summed E-state index contributed by atoms with van der Waals surface area (Å²) in [6, 6.07) is 16.2.